The molecule has 3 rings (SSSR count). The molecule has 1 aromatic heterocycles. The second-order valence-electron chi connectivity index (χ2n) is 5.42. The lowest BCUT2D eigenvalue weighted by Gasteiger charge is -2.23. The van der Waals surface area contributed by atoms with Crippen LogP contribution in [0.4, 0.5) is 5.95 Å². The Balaban J connectivity index is 1.82. The van der Waals surface area contributed by atoms with Crippen molar-refractivity contribution in [2.75, 3.05) is 12.4 Å². The van der Waals surface area contributed by atoms with Crippen molar-refractivity contribution in [2.24, 2.45) is 0 Å². The third kappa shape index (κ3) is 3.23. The van der Waals surface area contributed by atoms with E-state index in [1.165, 1.54) is 32.1 Å². The van der Waals surface area contributed by atoms with Crippen molar-refractivity contribution in [3.05, 3.63) is 35.1 Å². The van der Waals surface area contributed by atoms with Crippen molar-refractivity contribution in [3.8, 4) is 11.4 Å². The zero-order valence-electron chi connectivity index (χ0n) is 12.2. The first-order valence-electron chi connectivity index (χ1n) is 7.42. The zero-order valence-corrected chi connectivity index (χ0v) is 13.8. The normalized spacial score (nSPS) is 15.9. The van der Waals surface area contributed by atoms with Crippen LogP contribution in [-0.4, -0.2) is 22.7 Å². The van der Waals surface area contributed by atoms with Crippen molar-refractivity contribution >= 4 is 21.9 Å². The molecule has 1 N–H and O–H groups in total. The zero-order chi connectivity index (χ0) is 14.7. The van der Waals surface area contributed by atoms with E-state index in [9.17, 15) is 0 Å². The maximum Gasteiger partial charge on any atom is 0.207 e. The minimum atomic E-state index is 0.543. The van der Waals surface area contributed by atoms with Crippen LogP contribution in [0, 0.1) is 0 Å². The molecule has 0 unspecified atom stereocenters. The summed E-state index contributed by atoms with van der Waals surface area (Å²) in [5, 5.41) is 3.58. The highest BCUT2D eigenvalue weighted by molar-refractivity contribution is 9.10. The van der Waals surface area contributed by atoms with E-state index in [2.05, 4.69) is 30.8 Å². The molecule has 0 saturated heterocycles. The van der Waals surface area contributed by atoms with Crippen LogP contribution >= 0.6 is 15.9 Å². The van der Waals surface area contributed by atoms with Gasteiger partial charge in [-0.05, 0) is 47.0 Å². The van der Waals surface area contributed by atoms with Gasteiger partial charge in [-0.25, -0.2) is 4.98 Å². The molecule has 1 saturated carbocycles. The summed E-state index contributed by atoms with van der Waals surface area (Å²) in [5.41, 5.74) is 1.07. The van der Waals surface area contributed by atoms with Gasteiger partial charge in [0.2, 0.25) is 5.95 Å². The first-order valence-corrected chi connectivity index (χ1v) is 8.21. The van der Waals surface area contributed by atoms with Gasteiger partial charge in [0.05, 0.1) is 11.6 Å². The molecule has 1 aliphatic rings. The van der Waals surface area contributed by atoms with E-state index in [1.54, 1.807) is 7.11 Å². The quantitative estimate of drug-likeness (QED) is 0.889. The number of nitrogens with one attached hydrogen (secondary N) is 1. The van der Waals surface area contributed by atoms with Crippen LogP contribution in [0.15, 0.2) is 35.1 Å². The number of benzene rings is 1. The topological polar surface area (TPSA) is 39.1 Å². The summed E-state index contributed by atoms with van der Waals surface area (Å²) in [4.78, 5) is 4.46. The Bertz CT molecular complexity index is 605. The second-order valence-corrected chi connectivity index (χ2v) is 6.27. The first kappa shape index (κ1) is 14.4. The summed E-state index contributed by atoms with van der Waals surface area (Å²) < 4.78 is 8.31. The van der Waals surface area contributed by atoms with Gasteiger partial charge in [0, 0.05) is 24.1 Å². The predicted molar refractivity (Wildman–Crippen MR) is 88.3 cm³/mol. The molecule has 21 heavy (non-hydrogen) atoms. The highest BCUT2D eigenvalue weighted by atomic mass is 79.9. The van der Waals surface area contributed by atoms with Crippen molar-refractivity contribution < 1.29 is 4.74 Å². The fourth-order valence-corrected chi connectivity index (χ4v) is 3.38. The Kier molecular flexibility index (Phi) is 4.48. The van der Waals surface area contributed by atoms with E-state index in [1.807, 2.05) is 30.6 Å². The first-order chi connectivity index (χ1) is 10.3. The average Bonchev–Trinajstić information content (AvgIpc) is 2.96. The number of imidazole rings is 1. The molecule has 0 bridgehead atoms. The number of ether oxygens (including phenoxy) is 1. The maximum atomic E-state index is 5.28. The lowest BCUT2D eigenvalue weighted by Crippen LogP contribution is -2.24. The largest absolute Gasteiger partial charge is 0.496 e. The smallest absolute Gasteiger partial charge is 0.207 e. The summed E-state index contributed by atoms with van der Waals surface area (Å²) in [7, 11) is 1.67. The molecule has 0 spiro atoms. The molecule has 1 fully saturated rings. The highest BCUT2D eigenvalue weighted by Crippen LogP contribution is 2.29. The molecule has 0 atom stereocenters. The van der Waals surface area contributed by atoms with Crippen LogP contribution < -0.4 is 10.1 Å². The molecule has 1 heterocycles. The van der Waals surface area contributed by atoms with Gasteiger partial charge < -0.3 is 10.1 Å². The van der Waals surface area contributed by atoms with E-state index in [0.717, 1.165) is 21.9 Å². The number of anilines is 1. The predicted octanol–water partition coefficient (Wildman–Crippen LogP) is 4.39. The maximum absolute atomic E-state index is 5.28. The average molecular weight is 350 g/mol. The van der Waals surface area contributed by atoms with Gasteiger partial charge in [0.1, 0.15) is 5.75 Å². The number of hydrogen-bond acceptors (Lipinski definition) is 3. The van der Waals surface area contributed by atoms with Crippen molar-refractivity contribution in [1.82, 2.24) is 9.55 Å². The summed E-state index contributed by atoms with van der Waals surface area (Å²) >= 11 is 3.54. The number of nitrogens with zero attached hydrogens (tertiary/aromatic N) is 2. The van der Waals surface area contributed by atoms with Crippen LogP contribution in [0.25, 0.3) is 5.69 Å². The number of methoxy groups -OCH3 is 1. The van der Waals surface area contributed by atoms with Crippen molar-refractivity contribution in [3.63, 3.8) is 0 Å². The Hall–Kier alpha value is -1.49. The standard InChI is InChI=1S/C16H20BrN3O/c1-21-15-8-7-13(11-14(15)17)20-10-9-18-16(20)19-12-5-3-2-4-6-12/h7-12H,2-6H2,1H3,(H,18,19). The lowest BCUT2D eigenvalue weighted by molar-refractivity contribution is 0.412. The summed E-state index contributed by atoms with van der Waals surface area (Å²) in [5.74, 6) is 1.75. The molecule has 0 aliphatic heterocycles. The highest BCUT2D eigenvalue weighted by Gasteiger charge is 2.16. The number of halogens is 1. The molecule has 1 aliphatic carbocycles. The van der Waals surface area contributed by atoms with E-state index in [0.29, 0.717) is 6.04 Å². The van der Waals surface area contributed by atoms with Crippen LogP contribution in [0.2, 0.25) is 0 Å². The summed E-state index contributed by atoms with van der Waals surface area (Å²) in [6, 6.07) is 6.59. The molecule has 0 amide bonds. The van der Waals surface area contributed by atoms with E-state index >= 15 is 0 Å². The van der Waals surface area contributed by atoms with Crippen LogP contribution in [0.5, 0.6) is 5.75 Å². The van der Waals surface area contributed by atoms with E-state index in [4.69, 9.17) is 4.74 Å². The Morgan fingerprint density at radius 1 is 1.29 bits per heavy atom. The van der Waals surface area contributed by atoms with Gasteiger partial charge >= 0.3 is 0 Å². The van der Waals surface area contributed by atoms with Crippen molar-refractivity contribution in [2.45, 2.75) is 38.1 Å². The molecule has 0 radical (unpaired) electrons. The molecule has 1 aromatic carbocycles. The Morgan fingerprint density at radius 2 is 2.10 bits per heavy atom. The molecule has 4 nitrogen and oxygen atoms in total. The molecular formula is C16H20BrN3O. The van der Waals surface area contributed by atoms with Gasteiger partial charge in [-0.1, -0.05) is 19.3 Å². The Labute approximate surface area is 133 Å². The van der Waals surface area contributed by atoms with Crippen molar-refractivity contribution in [1.29, 1.82) is 0 Å². The summed E-state index contributed by atoms with van der Waals surface area (Å²) in [6.07, 6.45) is 10.3. The molecule has 5 heteroatoms. The van der Waals surface area contributed by atoms with Gasteiger partial charge in [0.25, 0.3) is 0 Å². The van der Waals surface area contributed by atoms with E-state index < -0.39 is 0 Å². The number of aromatic nitrogens is 2. The Morgan fingerprint density at radius 3 is 2.81 bits per heavy atom. The van der Waals surface area contributed by atoms with Crippen LogP contribution in [-0.2, 0) is 0 Å². The van der Waals surface area contributed by atoms with Gasteiger partial charge in [-0.2, -0.15) is 0 Å². The number of rotatable bonds is 4. The molecule has 112 valence electrons. The SMILES string of the molecule is COc1ccc(-n2ccnc2NC2CCCCC2)cc1Br. The van der Waals surface area contributed by atoms with Crippen LogP contribution in [0.1, 0.15) is 32.1 Å². The van der Waals surface area contributed by atoms with Gasteiger partial charge in [0.15, 0.2) is 0 Å². The molecule has 2 aromatic rings. The fraction of sp³-hybridized carbons (Fsp3) is 0.438. The van der Waals surface area contributed by atoms with Gasteiger partial charge in [-0.3, -0.25) is 4.57 Å². The monoisotopic (exact) mass is 349 g/mol. The third-order valence-electron chi connectivity index (χ3n) is 3.99. The lowest BCUT2D eigenvalue weighted by atomic mass is 9.96. The fourth-order valence-electron chi connectivity index (χ4n) is 2.85. The third-order valence-corrected chi connectivity index (χ3v) is 4.61. The summed E-state index contributed by atoms with van der Waals surface area (Å²) in [6.45, 7) is 0. The minimum absolute atomic E-state index is 0.543. The number of hydrogen-bond donors (Lipinski definition) is 1. The van der Waals surface area contributed by atoms with E-state index in [-0.39, 0.29) is 0 Å². The second kappa shape index (κ2) is 6.52. The minimum Gasteiger partial charge on any atom is -0.496 e. The van der Waals surface area contributed by atoms with Gasteiger partial charge in [-0.15, -0.1) is 0 Å². The molecular weight excluding hydrogens is 330 g/mol. The van der Waals surface area contributed by atoms with Crippen LogP contribution in [0.3, 0.4) is 0 Å².